The van der Waals surface area contributed by atoms with Crippen molar-refractivity contribution in [1.29, 1.82) is 0 Å². The maximum Gasteiger partial charge on any atom is 0.186 e. The number of nitrogens with zero attached hydrogens (tertiary/aromatic N) is 7. The number of ether oxygens (including phenoxy) is 2. The predicted molar refractivity (Wildman–Crippen MR) is 152 cm³/mol. The molecule has 2 aliphatic rings. The number of benzene rings is 2. The van der Waals surface area contributed by atoms with E-state index in [-0.39, 0.29) is 18.4 Å². The molecule has 0 spiro atoms. The van der Waals surface area contributed by atoms with Gasteiger partial charge in [0.15, 0.2) is 22.5 Å². The van der Waals surface area contributed by atoms with E-state index in [9.17, 15) is 0 Å². The number of hydrogen-bond acceptors (Lipinski definition) is 9. The van der Waals surface area contributed by atoms with Crippen LogP contribution in [0.2, 0.25) is 0 Å². The normalized spacial score (nSPS) is 17.8. The molecule has 0 bridgehead atoms. The van der Waals surface area contributed by atoms with E-state index < -0.39 is 0 Å². The van der Waals surface area contributed by atoms with Gasteiger partial charge in [0.05, 0.1) is 36.5 Å². The maximum atomic E-state index is 5.66. The van der Waals surface area contributed by atoms with E-state index in [1.807, 2.05) is 12.1 Å². The zero-order chi connectivity index (χ0) is 25.2. The lowest BCUT2D eigenvalue weighted by Crippen LogP contribution is -2.48. The highest BCUT2D eigenvalue weighted by Gasteiger charge is 2.33. The van der Waals surface area contributed by atoms with Gasteiger partial charge in [0.2, 0.25) is 0 Å². The van der Waals surface area contributed by atoms with E-state index in [0.29, 0.717) is 6.04 Å². The Hall–Kier alpha value is -2.95. The fourth-order valence-electron chi connectivity index (χ4n) is 5.68. The minimum absolute atomic E-state index is 0. The number of rotatable bonds is 7. The highest BCUT2D eigenvalue weighted by atomic mass is 35.5. The van der Waals surface area contributed by atoms with Crippen molar-refractivity contribution in [3.63, 3.8) is 0 Å². The van der Waals surface area contributed by atoms with Gasteiger partial charge in [-0.15, -0.1) is 17.5 Å². The van der Waals surface area contributed by atoms with Crippen LogP contribution in [0.25, 0.3) is 10.2 Å². The van der Waals surface area contributed by atoms with Crippen molar-refractivity contribution in [3.05, 3.63) is 53.9 Å². The molecule has 9 nitrogen and oxygen atoms in total. The van der Waals surface area contributed by atoms with Crippen LogP contribution in [0.3, 0.4) is 0 Å². The molecule has 1 atom stereocenters. The Kier molecular flexibility index (Phi) is 8.30. The number of aromatic nitrogens is 5. The minimum atomic E-state index is -0.0748. The summed E-state index contributed by atoms with van der Waals surface area (Å²) in [5.41, 5.74) is 2.18. The first-order valence-electron chi connectivity index (χ1n) is 13.1. The number of fused-ring (bicyclic) bond motifs is 1. The van der Waals surface area contributed by atoms with Crippen LogP contribution >= 0.6 is 23.7 Å². The number of tetrazole rings is 1. The second-order valence-electron chi connectivity index (χ2n) is 9.78. The van der Waals surface area contributed by atoms with Crippen LogP contribution in [0.1, 0.15) is 55.6 Å². The van der Waals surface area contributed by atoms with Crippen LogP contribution in [0.15, 0.2) is 42.5 Å². The van der Waals surface area contributed by atoms with E-state index in [1.165, 1.54) is 24.0 Å². The summed E-state index contributed by atoms with van der Waals surface area (Å²) in [6.07, 6.45) is 6.00. The Morgan fingerprint density at radius 2 is 1.68 bits per heavy atom. The quantitative estimate of drug-likeness (QED) is 0.310. The van der Waals surface area contributed by atoms with Crippen molar-refractivity contribution in [1.82, 2.24) is 30.1 Å². The van der Waals surface area contributed by atoms with E-state index >= 15 is 0 Å². The SMILES string of the molecule is COc1ccc(C(c2nnnn2C2CCCCC2)N2CCN(c3nc4ccccc4s3)CC2)cc1OC.Cl. The summed E-state index contributed by atoms with van der Waals surface area (Å²) in [5, 5.41) is 14.4. The first kappa shape index (κ1) is 26.6. The standard InChI is InChI=1S/C27H33N7O2S.ClH/c1-35-22-13-12-19(18-23(22)36-2)25(26-29-30-31-34(26)20-8-4-3-5-9-20)32-14-16-33(17-15-32)27-28-21-10-6-7-11-24(21)37-27;/h6-7,10-13,18,20,25H,3-5,8-9,14-17H2,1-2H3;1H. The molecule has 1 unspecified atom stereocenters. The average molecular weight is 556 g/mol. The Morgan fingerprint density at radius 3 is 2.42 bits per heavy atom. The summed E-state index contributed by atoms with van der Waals surface area (Å²) in [7, 11) is 3.35. The third-order valence-corrected chi connectivity index (χ3v) is 8.74. The number of hydrogen-bond donors (Lipinski definition) is 0. The Balaban J connectivity index is 0.00000294. The van der Waals surface area contributed by atoms with Crippen molar-refractivity contribution in [2.24, 2.45) is 0 Å². The molecule has 2 aromatic heterocycles. The number of piperazine rings is 1. The molecule has 202 valence electrons. The number of methoxy groups -OCH3 is 2. The van der Waals surface area contributed by atoms with Gasteiger partial charge in [-0.1, -0.05) is 48.8 Å². The van der Waals surface area contributed by atoms with Gasteiger partial charge in [-0.3, -0.25) is 4.90 Å². The lowest BCUT2D eigenvalue weighted by Gasteiger charge is -2.39. The van der Waals surface area contributed by atoms with Gasteiger partial charge >= 0.3 is 0 Å². The summed E-state index contributed by atoms with van der Waals surface area (Å²) in [6.45, 7) is 3.56. The number of halogens is 1. The maximum absolute atomic E-state index is 5.66. The molecule has 0 radical (unpaired) electrons. The average Bonchev–Trinajstić information content (AvgIpc) is 3.62. The summed E-state index contributed by atoms with van der Waals surface area (Å²) >= 11 is 1.77. The Labute approximate surface area is 233 Å². The molecule has 0 amide bonds. The van der Waals surface area contributed by atoms with E-state index in [2.05, 4.69) is 60.3 Å². The van der Waals surface area contributed by atoms with Gasteiger partial charge in [-0.05, 0) is 53.1 Å². The molecule has 2 fully saturated rings. The fraction of sp³-hybridized carbons (Fsp3) is 0.481. The van der Waals surface area contributed by atoms with Crippen LogP contribution in [0, 0.1) is 0 Å². The van der Waals surface area contributed by atoms with E-state index in [0.717, 1.165) is 72.6 Å². The second-order valence-corrected chi connectivity index (χ2v) is 10.8. The summed E-state index contributed by atoms with van der Waals surface area (Å²) in [4.78, 5) is 9.79. The fourth-order valence-corrected chi connectivity index (χ4v) is 6.70. The topological polar surface area (TPSA) is 81.4 Å². The molecular weight excluding hydrogens is 522 g/mol. The number of anilines is 1. The highest BCUT2D eigenvalue weighted by Crippen LogP contribution is 2.38. The highest BCUT2D eigenvalue weighted by molar-refractivity contribution is 7.22. The molecule has 2 aromatic carbocycles. The second kappa shape index (κ2) is 11.8. The van der Waals surface area contributed by atoms with Crippen molar-refractivity contribution in [2.75, 3.05) is 45.3 Å². The smallest absolute Gasteiger partial charge is 0.186 e. The zero-order valence-corrected chi connectivity index (χ0v) is 23.5. The van der Waals surface area contributed by atoms with Crippen LogP contribution in [0.4, 0.5) is 5.13 Å². The van der Waals surface area contributed by atoms with Gasteiger partial charge in [-0.2, -0.15) is 0 Å². The van der Waals surface area contributed by atoms with Crippen molar-refractivity contribution in [3.8, 4) is 11.5 Å². The molecule has 3 heterocycles. The van der Waals surface area contributed by atoms with E-state index in [1.54, 1.807) is 25.6 Å². The van der Waals surface area contributed by atoms with Crippen LogP contribution in [-0.2, 0) is 0 Å². The Bertz CT molecular complexity index is 1320. The van der Waals surface area contributed by atoms with Gasteiger partial charge in [0, 0.05) is 26.2 Å². The number of thiazole rings is 1. The van der Waals surface area contributed by atoms with Gasteiger partial charge in [0.1, 0.15) is 0 Å². The van der Waals surface area contributed by atoms with Crippen molar-refractivity contribution in [2.45, 2.75) is 44.2 Å². The lowest BCUT2D eigenvalue weighted by molar-refractivity contribution is 0.193. The molecule has 0 N–H and O–H groups in total. The summed E-state index contributed by atoms with van der Waals surface area (Å²) in [6, 6.07) is 14.8. The molecule has 1 saturated carbocycles. The summed E-state index contributed by atoms with van der Waals surface area (Å²) in [5.74, 6) is 2.35. The first-order chi connectivity index (χ1) is 18.2. The van der Waals surface area contributed by atoms with Gasteiger partial charge < -0.3 is 14.4 Å². The molecule has 11 heteroatoms. The molecule has 1 saturated heterocycles. The zero-order valence-electron chi connectivity index (χ0n) is 21.8. The molecular formula is C27H34ClN7O2S. The van der Waals surface area contributed by atoms with Crippen LogP contribution < -0.4 is 14.4 Å². The lowest BCUT2D eigenvalue weighted by atomic mass is 9.95. The molecule has 4 aromatic rings. The molecule has 1 aliphatic heterocycles. The third kappa shape index (κ3) is 5.17. The van der Waals surface area contributed by atoms with Crippen LogP contribution in [-0.4, -0.2) is 70.5 Å². The summed E-state index contributed by atoms with van der Waals surface area (Å²) < 4.78 is 14.5. The number of para-hydroxylation sites is 1. The largest absolute Gasteiger partial charge is 0.493 e. The molecule has 38 heavy (non-hydrogen) atoms. The monoisotopic (exact) mass is 555 g/mol. The predicted octanol–water partition coefficient (Wildman–Crippen LogP) is 5.14. The Morgan fingerprint density at radius 1 is 0.921 bits per heavy atom. The van der Waals surface area contributed by atoms with Gasteiger partial charge in [0.25, 0.3) is 0 Å². The molecule has 1 aliphatic carbocycles. The van der Waals surface area contributed by atoms with Crippen LogP contribution in [0.5, 0.6) is 11.5 Å². The molecule has 6 rings (SSSR count). The third-order valence-electron chi connectivity index (χ3n) is 7.64. The van der Waals surface area contributed by atoms with Crippen molar-refractivity contribution < 1.29 is 9.47 Å². The van der Waals surface area contributed by atoms with E-state index in [4.69, 9.17) is 14.5 Å². The minimum Gasteiger partial charge on any atom is -0.493 e. The van der Waals surface area contributed by atoms with Gasteiger partial charge in [-0.25, -0.2) is 9.67 Å². The first-order valence-corrected chi connectivity index (χ1v) is 13.9. The van der Waals surface area contributed by atoms with Crippen molar-refractivity contribution >= 4 is 39.1 Å².